The van der Waals surface area contributed by atoms with Crippen molar-refractivity contribution in [2.75, 3.05) is 19.6 Å². The molecule has 1 heterocycles. The van der Waals surface area contributed by atoms with Crippen LogP contribution in [-0.4, -0.2) is 24.5 Å². The van der Waals surface area contributed by atoms with Crippen LogP contribution in [0.25, 0.3) is 10.8 Å². The summed E-state index contributed by atoms with van der Waals surface area (Å²) in [6.07, 6.45) is 5.39. The second kappa shape index (κ2) is 6.60. The van der Waals surface area contributed by atoms with E-state index in [1.165, 1.54) is 55.1 Å². The van der Waals surface area contributed by atoms with Gasteiger partial charge in [0.05, 0.1) is 5.38 Å². The lowest BCUT2D eigenvalue weighted by atomic mass is 10.0. The predicted octanol–water partition coefficient (Wildman–Crippen LogP) is 5.00. The SMILES string of the molecule is ClC(CN1CCCCCC1)c1ccc2ccccc2c1. The van der Waals surface area contributed by atoms with Crippen LogP contribution in [0.4, 0.5) is 0 Å². The zero-order valence-electron chi connectivity index (χ0n) is 11.9. The van der Waals surface area contributed by atoms with Gasteiger partial charge in [0.2, 0.25) is 0 Å². The van der Waals surface area contributed by atoms with E-state index in [4.69, 9.17) is 11.6 Å². The van der Waals surface area contributed by atoms with Crippen molar-refractivity contribution in [3.8, 4) is 0 Å². The molecule has 1 saturated heterocycles. The Labute approximate surface area is 126 Å². The first kappa shape index (κ1) is 13.9. The molecule has 0 saturated carbocycles. The molecule has 0 aromatic heterocycles. The monoisotopic (exact) mass is 287 g/mol. The molecule has 3 rings (SSSR count). The minimum absolute atomic E-state index is 0.0951. The van der Waals surface area contributed by atoms with Crippen molar-refractivity contribution in [3.63, 3.8) is 0 Å². The van der Waals surface area contributed by atoms with Crippen LogP contribution in [0, 0.1) is 0 Å². The molecule has 0 N–H and O–H groups in total. The number of benzene rings is 2. The molecule has 1 atom stereocenters. The van der Waals surface area contributed by atoms with Gasteiger partial charge in [-0.1, -0.05) is 49.2 Å². The molecular formula is C18H22ClN. The van der Waals surface area contributed by atoms with Gasteiger partial charge in [-0.05, 0) is 48.3 Å². The number of likely N-dealkylation sites (tertiary alicyclic amines) is 1. The van der Waals surface area contributed by atoms with E-state index in [2.05, 4.69) is 47.4 Å². The van der Waals surface area contributed by atoms with E-state index in [1.54, 1.807) is 0 Å². The van der Waals surface area contributed by atoms with E-state index in [9.17, 15) is 0 Å². The smallest absolute Gasteiger partial charge is 0.0712 e. The second-order valence-corrected chi connectivity index (χ2v) is 6.32. The minimum Gasteiger partial charge on any atom is -0.302 e. The van der Waals surface area contributed by atoms with Crippen molar-refractivity contribution >= 4 is 22.4 Å². The summed E-state index contributed by atoms with van der Waals surface area (Å²) in [7, 11) is 0. The molecule has 20 heavy (non-hydrogen) atoms. The maximum atomic E-state index is 6.65. The largest absolute Gasteiger partial charge is 0.302 e. The number of fused-ring (bicyclic) bond motifs is 1. The topological polar surface area (TPSA) is 3.24 Å². The summed E-state index contributed by atoms with van der Waals surface area (Å²) < 4.78 is 0. The highest BCUT2D eigenvalue weighted by atomic mass is 35.5. The van der Waals surface area contributed by atoms with Crippen LogP contribution in [0.5, 0.6) is 0 Å². The first-order valence-electron chi connectivity index (χ1n) is 7.68. The Kier molecular flexibility index (Phi) is 4.59. The molecule has 0 amide bonds. The number of hydrogen-bond donors (Lipinski definition) is 0. The van der Waals surface area contributed by atoms with Gasteiger partial charge < -0.3 is 4.90 Å². The van der Waals surface area contributed by atoms with Crippen molar-refractivity contribution in [2.24, 2.45) is 0 Å². The molecular weight excluding hydrogens is 266 g/mol. The van der Waals surface area contributed by atoms with Crippen molar-refractivity contribution in [3.05, 3.63) is 48.0 Å². The van der Waals surface area contributed by atoms with Crippen LogP contribution in [0.3, 0.4) is 0 Å². The summed E-state index contributed by atoms with van der Waals surface area (Å²) in [6.45, 7) is 3.38. The number of rotatable bonds is 3. The first-order chi connectivity index (χ1) is 9.83. The Morgan fingerprint density at radius 1 is 0.900 bits per heavy atom. The maximum absolute atomic E-state index is 6.65. The molecule has 1 aliphatic rings. The van der Waals surface area contributed by atoms with Gasteiger partial charge in [0.1, 0.15) is 0 Å². The van der Waals surface area contributed by atoms with Gasteiger partial charge in [0.25, 0.3) is 0 Å². The zero-order valence-corrected chi connectivity index (χ0v) is 12.6. The van der Waals surface area contributed by atoms with Crippen LogP contribution in [-0.2, 0) is 0 Å². The van der Waals surface area contributed by atoms with E-state index >= 15 is 0 Å². The van der Waals surface area contributed by atoms with E-state index in [0.29, 0.717) is 0 Å². The summed E-state index contributed by atoms with van der Waals surface area (Å²) in [4.78, 5) is 2.53. The quantitative estimate of drug-likeness (QED) is 0.719. The molecule has 1 unspecified atom stereocenters. The summed E-state index contributed by atoms with van der Waals surface area (Å²) in [6, 6.07) is 15.1. The Bertz CT molecular complexity index is 558. The van der Waals surface area contributed by atoms with Gasteiger partial charge in [-0.25, -0.2) is 0 Å². The van der Waals surface area contributed by atoms with Gasteiger partial charge in [0, 0.05) is 6.54 Å². The molecule has 106 valence electrons. The number of alkyl halides is 1. The lowest BCUT2D eigenvalue weighted by Crippen LogP contribution is -2.28. The van der Waals surface area contributed by atoms with Crippen LogP contribution in [0.2, 0.25) is 0 Å². The molecule has 1 nitrogen and oxygen atoms in total. The fourth-order valence-electron chi connectivity index (χ4n) is 3.05. The molecule has 0 radical (unpaired) electrons. The highest BCUT2D eigenvalue weighted by Gasteiger charge is 2.15. The van der Waals surface area contributed by atoms with Crippen LogP contribution < -0.4 is 0 Å². The Hall–Kier alpha value is -1.05. The summed E-state index contributed by atoms with van der Waals surface area (Å²) in [5.74, 6) is 0. The normalized spacial score (nSPS) is 18.9. The molecule has 2 heteroatoms. The predicted molar refractivity (Wildman–Crippen MR) is 87.5 cm³/mol. The molecule has 0 bridgehead atoms. The van der Waals surface area contributed by atoms with Crippen LogP contribution >= 0.6 is 11.6 Å². The van der Waals surface area contributed by atoms with Gasteiger partial charge in [-0.15, -0.1) is 11.6 Å². The fourth-order valence-corrected chi connectivity index (χ4v) is 3.38. The Morgan fingerprint density at radius 2 is 1.60 bits per heavy atom. The van der Waals surface area contributed by atoms with Gasteiger partial charge in [0.15, 0.2) is 0 Å². The minimum atomic E-state index is 0.0951. The second-order valence-electron chi connectivity index (χ2n) is 5.79. The Morgan fingerprint density at radius 3 is 2.35 bits per heavy atom. The van der Waals surface area contributed by atoms with Crippen LogP contribution in [0.1, 0.15) is 36.6 Å². The van der Waals surface area contributed by atoms with E-state index in [0.717, 1.165) is 6.54 Å². The molecule has 0 aliphatic carbocycles. The van der Waals surface area contributed by atoms with Gasteiger partial charge in [-0.3, -0.25) is 0 Å². The Balaban J connectivity index is 1.72. The van der Waals surface area contributed by atoms with Gasteiger partial charge >= 0.3 is 0 Å². The molecule has 2 aromatic carbocycles. The third-order valence-electron chi connectivity index (χ3n) is 4.25. The molecule has 2 aromatic rings. The first-order valence-corrected chi connectivity index (χ1v) is 8.12. The highest BCUT2D eigenvalue weighted by molar-refractivity contribution is 6.21. The summed E-state index contributed by atoms with van der Waals surface area (Å²) >= 11 is 6.65. The average molecular weight is 288 g/mol. The van der Waals surface area contributed by atoms with Crippen molar-refractivity contribution in [1.29, 1.82) is 0 Å². The standard InChI is InChI=1S/C18H22ClN/c19-18(14-20-11-5-1-2-6-12-20)17-10-9-15-7-3-4-8-16(15)13-17/h3-4,7-10,13,18H,1-2,5-6,11-12,14H2. The summed E-state index contributed by atoms with van der Waals surface area (Å²) in [5, 5.41) is 2.67. The summed E-state index contributed by atoms with van der Waals surface area (Å²) in [5.41, 5.74) is 1.25. The maximum Gasteiger partial charge on any atom is 0.0712 e. The van der Waals surface area contributed by atoms with Crippen molar-refractivity contribution in [1.82, 2.24) is 4.90 Å². The van der Waals surface area contributed by atoms with Gasteiger partial charge in [-0.2, -0.15) is 0 Å². The number of nitrogens with zero attached hydrogens (tertiary/aromatic N) is 1. The van der Waals surface area contributed by atoms with E-state index in [-0.39, 0.29) is 5.38 Å². The highest BCUT2D eigenvalue weighted by Crippen LogP contribution is 2.26. The number of halogens is 1. The molecule has 1 fully saturated rings. The third-order valence-corrected chi connectivity index (χ3v) is 4.64. The van der Waals surface area contributed by atoms with E-state index in [1.807, 2.05) is 0 Å². The van der Waals surface area contributed by atoms with Crippen LogP contribution in [0.15, 0.2) is 42.5 Å². The average Bonchev–Trinajstić information content (AvgIpc) is 2.75. The zero-order chi connectivity index (χ0) is 13.8. The number of hydrogen-bond acceptors (Lipinski definition) is 1. The lowest BCUT2D eigenvalue weighted by Gasteiger charge is -2.23. The van der Waals surface area contributed by atoms with Crippen molar-refractivity contribution in [2.45, 2.75) is 31.1 Å². The van der Waals surface area contributed by atoms with Crippen molar-refractivity contribution < 1.29 is 0 Å². The third kappa shape index (κ3) is 3.34. The molecule has 0 spiro atoms. The fraction of sp³-hybridized carbons (Fsp3) is 0.444. The molecule has 1 aliphatic heterocycles. The van der Waals surface area contributed by atoms with E-state index < -0.39 is 0 Å². The lowest BCUT2D eigenvalue weighted by molar-refractivity contribution is 0.285.